The van der Waals surface area contributed by atoms with Gasteiger partial charge in [-0.2, -0.15) is 0 Å². The van der Waals surface area contributed by atoms with Crippen LogP contribution in [0.5, 0.6) is 0 Å². The molecular formula is C24H19NO4S. The third-order valence-corrected chi connectivity index (χ3v) is 5.79. The maximum absolute atomic E-state index is 12.1. The molecule has 5 nitrogen and oxygen atoms in total. The molecule has 30 heavy (non-hydrogen) atoms. The molecule has 150 valence electrons. The van der Waals surface area contributed by atoms with Crippen molar-refractivity contribution >= 4 is 23.4 Å². The number of rotatable bonds is 5. The lowest BCUT2D eigenvalue weighted by Crippen LogP contribution is -2.26. The van der Waals surface area contributed by atoms with Crippen LogP contribution >= 0.6 is 11.3 Å². The monoisotopic (exact) mass is 417 g/mol. The summed E-state index contributed by atoms with van der Waals surface area (Å²) in [7, 11) is 0. The second kappa shape index (κ2) is 8.85. The number of carboxylic acids is 1. The predicted molar refractivity (Wildman–Crippen MR) is 116 cm³/mol. The van der Waals surface area contributed by atoms with Crippen LogP contribution in [-0.2, 0) is 4.74 Å². The number of ether oxygens (including phenoxy) is 1. The summed E-state index contributed by atoms with van der Waals surface area (Å²) < 4.78 is 5.47. The van der Waals surface area contributed by atoms with Gasteiger partial charge in [-0.1, -0.05) is 60.4 Å². The van der Waals surface area contributed by atoms with Crippen molar-refractivity contribution in [1.29, 1.82) is 0 Å². The molecule has 0 spiro atoms. The lowest BCUT2D eigenvalue weighted by atomic mass is 9.98. The molecule has 6 heteroatoms. The highest BCUT2D eigenvalue weighted by Crippen LogP contribution is 2.44. The lowest BCUT2D eigenvalue weighted by molar-refractivity contribution is 0.0697. The molecule has 1 aliphatic rings. The van der Waals surface area contributed by atoms with Gasteiger partial charge in [0, 0.05) is 18.9 Å². The Bertz CT molecular complexity index is 1110. The number of benzene rings is 2. The zero-order valence-corrected chi connectivity index (χ0v) is 16.9. The third-order valence-electron chi connectivity index (χ3n) is 4.96. The van der Waals surface area contributed by atoms with Gasteiger partial charge in [0.2, 0.25) is 0 Å². The van der Waals surface area contributed by atoms with E-state index < -0.39 is 12.1 Å². The first kappa shape index (κ1) is 19.7. The van der Waals surface area contributed by atoms with Crippen molar-refractivity contribution in [3.05, 3.63) is 81.5 Å². The molecule has 0 atom stereocenters. The number of alkyl carbamates (subject to hydrolysis) is 1. The molecule has 1 amide bonds. The van der Waals surface area contributed by atoms with Crippen LogP contribution in [0.2, 0.25) is 0 Å². The molecule has 0 bridgehead atoms. The molecule has 4 rings (SSSR count). The van der Waals surface area contributed by atoms with E-state index in [9.17, 15) is 9.59 Å². The zero-order valence-electron chi connectivity index (χ0n) is 16.1. The van der Waals surface area contributed by atoms with E-state index in [-0.39, 0.29) is 18.1 Å². The molecule has 1 aliphatic carbocycles. The summed E-state index contributed by atoms with van der Waals surface area (Å²) >= 11 is 1.29. The topological polar surface area (TPSA) is 75.6 Å². The molecule has 0 saturated heterocycles. The normalized spacial score (nSPS) is 11.7. The van der Waals surface area contributed by atoms with Crippen LogP contribution in [0.3, 0.4) is 0 Å². The Morgan fingerprint density at radius 2 is 1.70 bits per heavy atom. The van der Waals surface area contributed by atoms with Crippen LogP contribution in [0.15, 0.2) is 60.0 Å². The number of thiophene rings is 1. The molecule has 0 radical (unpaired) electrons. The largest absolute Gasteiger partial charge is 0.478 e. The van der Waals surface area contributed by atoms with Gasteiger partial charge < -0.3 is 15.2 Å². The molecule has 1 aromatic heterocycles. The van der Waals surface area contributed by atoms with E-state index in [1.165, 1.54) is 39.7 Å². The van der Waals surface area contributed by atoms with Gasteiger partial charge in [-0.05, 0) is 33.7 Å². The van der Waals surface area contributed by atoms with Gasteiger partial charge >= 0.3 is 12.1 Å². The van der Waals surface area contributed by atoms with Gasteiger partial charge in [0.15, 0.2) is 0 Å². The average Bonchev–Trinajstić information content (AvgIpc) is 3.35. The van der Waals surface area contributed by atoms with E-state index >= 15 is 0 Å². The van der Waals surface area contributed by atoms with E-state index in [1.54, 1.807) is 5.38 Å². The number of hydrogen-bond donors (Lipinski definition) is 2. The van der Waals surface area contributed by atoms with Crippen molar-refractivity contribution in [3.8, 4) is 23.0 Å². The molecule has 0 fully saturated rings. The molecular weight excluding hydrogens is 398 g/mol. The third kappa shape index (κ3) is 4.07. The number of amides is 1. The molecule has 0 unspecified atom stereocenters. The van der Waals surface area contributed by atoms with E-state index in [0.29, 0.717) is 17.8 Å². The summed E-state index contributed by atoms with van der Waals surface area (Å²) in [5.41, 5.74) is 4.92. The minimum Gasteiger partial charge on any atom is -0.478 e. The lowest BCUT2D eigenvalue weighted by Gasteiger charge is -2.14. The second-order valence-electron chi connectivity index (χ2n) is 6.77. The second-order valence-corrected chi connectivity index (χ2v) is 7.69. The van der Waals surface area contributed by atoms with Crippen LogP contribution in [-0.4, -0.2) is 30.3 Å². The standard InChI is InChI=1S/C24H19NO4S/c26-23(27)20-12-14-30-22(20)11-5-6-13-25-24(28)29-15-21-18-9-3-1-7-16(18)17-8-2-4-10-19(17)21/h1-4,7-10,12,14,21H,6,13,15H2,(H,25,28)(H,26,27). The van der Waals surface area contributed by atoms with Crippen molar-refractivity contribution in [2.24, 2.45) is 0 Å². The van der Waals surface area contributed by atoms with Gasteiger partial charge in [0.25, 0.3) is 0 Å². The van der Waals surface area contributed by atoms with Crippen molar-refractivity contribution in [2.75, 3.05) is 13.2 Å². The van der Waals surface area contributed by atoms with Crippen LogP contribution in [0.25, 0.3) is 11.1 Å². The van der Waals surface area contributed by atoms with Gasteiger partial charge in [0.05, 0.1) is 10.4 Å². The van der Waals surface area contributed by atoms with E-state index in [4.69, 9.17) is 9.84 Å². The number of aromatic carboxylic acids is 1. The van der Waals surface area contributed by atoms with Gasteiger partial charge in [-0.25, -0.2) is 9.59 Å². The molecule has 2 aromatic carbocycles. The van der Waals surface area contributed by atoms with Crippen molar-refractivity contribution < 1.29 is 19.4 Å². The van der Waals surface area contributed by atoms with Gasteiger partial charge in [0.1, 0.15) is 6.61 Å². The SMILES string of the molecule is O=C(NCCC#Cc1sccc1C(=O)O)OCC1c2ccccc2-c2ccccc21. The van der Waals surface area contributed by atoms with Gasteiger partial charge in [-0.15, -0.1) is 11.3 Å². The first-order valence-electron chi connectivity index (χ1n) is 9.53. The van der Waals surface area contributed by atoms with E-state index in [1.807, 2.05) is 24.3 Å². The molecule has 1 heterocycles. The number of carbonyl (C=O) groups is 2. The average molecular weight is 417 g/mol. The molecule has 2 N–H and O–H groups in total. The number of hydrogen-bond acceptors (Lipinski definition) is 4. The molecule has 0 aliphatic heterocycles. The zero-order chi connectivity index (χ0) is 20.9. The summed E-state index contributed by atoms with van der Waals surface area (Å²) in [5.74, 6) is 4.77. The summed E-state index contributed by atoms with van der Waals surface area (Å²) in [6, 6.07) is 17.9. The predicted octanol–water partition coefficient (Wildman–Crippen LogP) is 4.73. The fourth-order valence-corrected chi connectivity index (χ4v) is 4.35. The van der Waals surface area contributed by atoms with Crippen LogP contribution in [0, 0.1) is 11.8 Å². The fraction of sp³-hybridized carbons (Fsp3) is 0.167. The minimum absolute atomic E-state index is 0.0243. The Balaban J connectivity index is 1.29. The number of carbonyl (C=O) groups excluding carboxylic acids is 1. The number of nitrogens with one attached hydrogen (secondary N) is 1. The summed E-state index contributed by atoms with van der Waals surface area (Å²) in [4.78, 5) is 23.7. The van der Waals surface area contributed by atoms with Crippen molar-refractivity contribution in [3.63, 3.8) is 0 Å². The first-order valence-corrected chi connectivity index (χ1v) is 10.4. The maximum Gasteiger partial charge on any atom is 0.407 e. The molecule has 3 aromatic rings. The highest BCUT2D eigenvalue weighted by molar-refractivity contribution is 7.10. The Morgan fingerprint density at radius 1 is 1.03 bits per heavy atom. The Morgan fingerprint density at radius 3 is 2.37 bits per heavy atom. The summed E-state index contributed by atoms with van der Waals surface area (Å²) in [6.07, 6.45) is -0.0813. The number of carboxylic acid groups (broad SMARTS) is 1. The fourth-order valence-electron chi connectivity index (χ4n) is 3.59. The Labute approximate surface area is 178 Å². The minimum atomic E-state index is -0.989. The summed E-state index contributed by atoms with van der Waals surface area (Å²) in [6.45, 7) is 0.597. The van der Waals surface area contributed by atoms with Crippen LogP contribution < -0.4 is 5.32 Å². The number of fused-ring (bicyclic) bond motifs is 3. The first-order chi connectivity index (χ1) is 14.6. The maximum atomic E-state index is 12.1. The van der Waals surface area contributed by atoms with Crippen LogP contribution in [0.1, 0.15) is 38.7 Å². The van der Waals surface area contributed by atoms with Gasteiger partial charge in [-0.3, -0.25) is 0 Å². The summed E-state index contributed by atoms with van der Waals surface area (Å²) in [5, 5.41) is 13.5. The van der Waals surface area contributed by atoms with Crippen molar-refractivity contribution in [2.45, 2.75) is 12.3 Å². The quantitative estimate of drug-likeness (QED) is 0.465. The Hall–Kier alpha value is -3.56. The highest BCUT2D eigenvalue weighted by Gasteiger charge is 2.28. The highest BCUT2D eigenvalue weighted by atomic mass is 32.1. The smallest absolute Gasteiger partial charge is 0.407 e. The van der Waals surface area contributed by atoms with Crippen molar-refractivity contribution in [1.82, 2.24) is 5.32 Å². The Kier molecular flexibility index (Phi) is 5.82. The van der Waals surface area contributed by atoms with E-state index in [2.05, 4.69) is 41.4 Å². The van der Waals surface area contributed by atoms with Crippen LogP contribution in [0.4, 0.5) is 4.79 Å². The van der Waals surface area contributed by atoms with E-state index in [0.717, 1.165) is 0 Å². The molecule has 0 saturated carbocycles.